The molecule has 1 N–H and O–H groups in total. The third-order valence-electron chi connectivity index (χ3n) is 5.11. The van der Waals surface area contributed by atoms with Gasteiger partial charge in [-0.15, -0.1) is 0 Å². The van der Waals surface area contributed by atoms with Crippen LogP contribution in [0.5, 0.6) is 11.5 Å². The molecule has 0 aromatic heterocycles. The van der Waals surface area contributed by atoms with E-state index in [9.17, 15) is 4.79 Å². The number of piperazine rings is 1. The number of methoxy groups -OCH3 is 2. The number of carbonyl (C=O) groups excluding carboxylic acids is 1. The van der Waals surface area contributed by atoms with Gasteiger partial charge in [-0.05, 0) is 42.0 Å². The maximum absolute atomic E-state index is 12.1. The molecule has 1 fully saturated rings. The lowest BCUT2D eigenvalue weighted by Gasteiger charge is -2.36. The first-order valence-corrected chi connectivity index (χ1v) is 9.69. The minimum atomic E-state index is 0.0911. The fraction of sp³-hybridized carbons (Fsp3) is 0.409. The average molecular weight is 383 g/mol. The molecule has 0 aliphatic carbocycles. The van der Waals surface area contributed by atoms with E-state index >= 15 is 0 Å². The lowest BCUT2D eigenvalue weighted by atomic mass is 10.2. The highest BCUT2D eigenvalue weighted by atomic mass is 16.5. The Morgan fingerprint density at radius 3 is 2.04 bits per heavy atom. The van der Waals surface area contributed by atoms with E-state index in [4.69, 9.17) is 9.47 Å². The second-order valence-corrected chi connectivity index (χ2v) is 6.90. The molecule has 1 saturated heterocycles. The van der Waals surface area contributed by atoms with Crippen LogP contribution in [0.15, 0.2) is 48.5 Å². The van der Waals surface area contributed by atoms with Crippen LogP contribution in [-0.4, -0.2) is 57.8 Å². The molecule has 0 atom stereocenters. The average Bonchev–Trinajstić information content (AvgIpc) is 2.77. The highest BCUT2D eigenvalue weighted by molar-refractivity contribution is 5.76. The zero-order chi connectivity index (χ0) is 19.8. The van der Waals surface area contributed by atoms with Gasteiger partial charge in [-0.25, -0.2) is 0 Å². The summed E-state index contributed by atoms with van der Waals surface area (Å²) < 4.78 is 10.4. The number of hydrogen-bond acceptors (Lipinski definition) is 5. The number of carbonyl (C=O) groups is 1. The summed E-state index contributed by atoms with van der Waals surface area (Å²) in [6, 6.07) is 15.9. The van der Waals surface area contributed by atoms with E-state index in [0.29, 0.717) is 13.0 Å². The van der Waals surface area contributed by atoms with Gasteiger partial charge in [-0.3, -0.25) is 9.69 Å². The molecular weight excluding hydrogens is 354 g/mol. The highest BCUT2D eigenvalue weighted by Gasteiger charge is 2.17. The van der Waals surface area contributed by atoms with Gasteiger partial charge in [0, 0.05) is 51.4 Å². The summed E-state index contributed by atoms with van der Waals surface area (Å²) in [4.78, 5) is 16.9. The minimum absolute atomic E-state index is 0.0911. The van der Waals surface area contributed by atoms with E-state index in [1.165, 1.54) is 5.69 Å². The molecule has 28 heavy (non-hydrogen) atoms. The van der Waals surface area contributed by atoms with Gasteiger partial charge < -0.3 is 19.7 Å². The summed E-state index contributed by atoms with van der Waals surface area (Å²) in [5.74, 6) is 1.79. The van der Waals surface area contributed by atoms with Crippen LogP contribution in [-0.2, 0) is 11.3 Å². The molecule has 3 rings (SSSR count). The number of hydrogen-bond donors (Lipinski definition) is 1. The van der Waals surface area contributed by atoms with Gasteiger partial charge in [0.25, 0.3) is 0 Å². The van der Waals surface area contributed by atoms with Crippen LogP contribution >= 0.6 is 0 Å². The maximum Gasteiger partial charge on any atom is 0.221 e. The predicted molar refractivity (Wildman–Crippen MR) is 111 cm³/mol. The van der Waals surface area contributed by atoms with Crippen LogP contribution in [0, 0.1) is 0 Å². The van der Waals surface area contributed by atoms with Crippen LogP contribution in [0.2, 0.25) is 0 Å². The van der Waals surface area contributed by atoms with Crippen molar-refractivity contribution in [3.8, 4) is 11.5 Å². The summed E-state index contributed by atoms with van der Waals surface area (Å²) in [7, 11) is 3.33. The van der Waals surface area contributed by atoms with Gasteiger partial charge in [0.1, 0.15) is 11.5 Å². The number of nitrogens with one attached hydrogen (secondary N) is 1. The van der Waals surface area contributed by atoms with Crippen molar-refractivity contribution in [2.24, 2.45) is 0 Å². The number of amides is 1. The Morgan fingerprint density at radius 1 is 0.893 bits per heavy atom. The summed E-state index contributed by atoms with van der Waals surface area (Å²) in [6.45, 7) is 5.23. The van der Waals surface area contributed by atoms with Crippen molar-refractivity contribution >= 4 is 11.6 Å². The topological polar surface area (TPSA) is 54.0 Å². The van der Waals surface area contributed by atoms with E-state index in [2.05, 4.69) is 27.2 Å². The molecule has 1 amide bonds. The van der Waals surface area contributed by atoms with E-state index < -0.39 is 0 Å². The molecule has 2 aromatic carbocycles. The van der Waals surface area contributed by atoms with E-state index in [1.807, 2.05) is 36.4 Å². The number of anilines is 1. The summed E-state index contributed by atoms with van der Waals surface area (Å²) in [5.41, 5.74) is 2.29. The standard InChI is InChI=1S/C22H29N3O3/c1-27-20-7-3-18(4-8-20)17-23-22(26)11-12-24-13-15-25(16-14-24)19-5-9-21(28-2)10-6-19/h3-10H,11-17H2,1-2H3,(H,23,26). The number of benzene rings is 2. The number of nitrogens with zero attached hydrogens (tertiary/aromatic N) is 2. The first-order chi connectivity index (χ1) is 13.7. The molecule has 0 unspecified atom stereocenters. The molecule has 0 radical (unpaired) electrons. The Balaban J connectivity index is 1.35. The van der Waals surface area contributed by atoms with Gasteiger partial charge in [0.15, 0.2) is 0 Å². The summed E-state index contributed by atoms with van der Waals surface area (Å²) in [6.07, 6.45) is 0.526. The van der Waals surface area contributed by atoms with Crippen molar-refractivity contribution in [3.63, 3.8) is 0 Å². The van der Waals surface area contributed by atoms with Gasteiger partial charge in [0.2, 0.25) is 5.91 Å². The first-order valence-electron chi connectivity index (χ1n) is 9.69. The monoisotopic (exact) mass is 383 g/mol. The third-order valence-corrected chi connectivity index (χ3v) is 5.11. The minimum Gasteiger partial charge on any atom is -0.497 e. The molecule has 1 aliphatic heterocycles. The maximum atomic E-state index is 12.1. The second kappa shape index (κ2) is 9.99. The Hall–Kier alpha value is -2.73. The molecular formula is C22H29N3O3. The molecule has 2 aromatic rings. The van der Waals surface area contributed by atoms with Crippen molar-refractivity contribution in [3.05, 3.63) is 54.1 Å². The van der Waals surface area contributed by atoms with Gasteiger partial charge in [-0.2, -0.15) is 0 Å². The van der Waals surface area contributed by atoms with E-state index in [1.54, 1.807) is 14.2 Å². The zero-order valence-corrected chi connectivity index (χ0v) is 16.7. The number of rotatable bonds is 8. The Labute approximate surface area is 167 Å². The quantitative estimate of drug-likeness (QED) is 0.759. The zero-order valence-electron chi connectivity index (χ0n) is 16.7. The second-order valence-electron chi connectivity index (χ2n) is 6.90. The van der Waals surface area contributed by atoms with Crippen molar-refractivity contribution in [1.29, 1.82) is 0 Å². The van der Waals surface area contributed by atoms with Crippen LogP contribution in [0.3, 0.4) is 0 Å². The summed E-state index contributed by atoms with van der Waals surface area (Å²) in [5, 5.41) is 2.99. The molecule has 0 spiro atoms. The van der Waals surface area contributed by atoms with Crippen molar-refractivity contribution < 1.29 is 14.3 Å². The van der Waals surface area contributed by atoms with E-state index in [0.717, 1.165) is 49.8 Å². The largest absolute Gasteiger partial charge is 0.497 e. The highest BCUT2D eigenvalue weighted by Crippen LogP contribution is 2.20. The number of ether oxygens (including phenoxy) is 2. The fourth-order valence-electron chi connectivity index (χ4n) is 3.31. The molecule has 150 valence electrons. The third kappa shape index (κ3) is 5.63. The SMILES string of the molecule is COc1ccc(CNC(=O)CCN2CCN(c3ccc(OC)cc3)CC2)cc1. The molecule has 1 heterocycles. The van der Waals surface area contributed by atoms with Crippen molar-refractivity contribution in [1.82, 2.24) is 10.2 Å². The smallest absolute Gasteiger partial charge is 0.221 e. The summed E-state index contributed by atoms with van der Waals surface area (Å²) >= 11 is 0. The fourth-order valence-corrected chi connectivity index (χ4v) is 3.31. The lowest BCUT2D eigenvalue weighted by molar-refractivity contribution is -0.121. The van der Waals surface area contributed by atoms with Crippen LogP contribution in [0.25, 0.3) is 0 Å². The van der Waals surface area contributed by atoms with Crippen molar-refractivity contribution in [2.45, 2.75) is 13.0 Å². The predicted octanol–water partition coefficient (Wildman–Crippen LogP) is 2.53. The molecule has 0 saturated carbocycles. The van der Waals surface area contributed by atoms with E-state index in [-0.39, 0.29) is 5.91 Å². The van der Waals surface area contributed by atoms with Gasteiger partial charge >= 0.3 is 0 Å². The van der Waals surface area contributed by atoms with Crippen molar-refractivity contribution in [2.75, 3.05) is 51.8 Å². The Bertz CT molecular complexity index is 739. The Kier molecular flexibility index (Phi) is 7.14. The molecule has 0 bridgehead atoms. The van der Waals surface area contributed by atoms with Crippen LogP contribution in [0.1, 0.15) is 12.0 Å². The molecule has 6 nitrogen and oxygen atoms in total. The molecule has 6 heteroatoms. The van der Waals surface area contributed by atoms with Crippen LogP contribution in [0.4, 0.5) is 5.69 Å². The van der Waals surface area contributed by atoms with Gasteiger partial charge in [0.05, 0.1) is 14.2 Å². The lowest BCUT2D eigenvalue weighted by Crippen LogP contribution is -2.47. The van der Waals surface area contributed by atoms with Crippen LogP contribution < -0.4 is 19.7 Å². The Morgan fingerprint density at radius 2 is 1.46 bits per heavy atom. The first kappa shape index (κ1) is 20.0. The van der Waals surface area contributed by atoms with Gasteiger partial charge in [-0.1, -0.05) is 12.1 Å². The molecule has 1 aliphatic rings. The normalized spacial score (nSPS) is 14.6.